The number of hydrogen-bond acceptors (Lipinski definition) is 4. The second-order valence-corrected chi connectivity index (χ2v) is 15.2. The minimum absolute atomic E-state index is 0.216. The lowest BCUT2D eigenvalue weighted by Gasteiger charge is -2.47. The molecule has 0 atom stereocenters. The zero-order valence-corrected chi connectivity index (χ0v) is 29.6. The predicted molar refractivity (Wildman–Crippen MR) is 201 cm³/mol. The Balaban J connectivity index is 1.44. The molecule has 5 heteroatoms. The van der Waals surface area contributed by atoms with Crippen LogP contribution < -0.4 is 0 Å². The molecule has 246 valence electrons. The number of rotatable bonds is 5. The van der Waals surface area contributed by atoms with Crippen LogP contribution in [0.5, 0.6) is 5.75 Å². The minimum atomic E-state index is -0.223. The molecule has 49 heavy (non-hydrogen) atoms. The largest absolute Gasteiger partial charge is 0.507 e. The minimum Gasteiger partial charge on any atom is -0.507 e. The van der Waals surface area contributed by atoms with Crippen LogP contribution in [0.2, 0.25) is 0 Å². The van der Waals surface area contributed by atoms with Crippen molar-refractivity contribution in [3.63, 3.8) is 0 Å². The molecule has 3 aromatic heterocycles. The molecule has 0 amide bonds. The number of furan rings is 1. The van der Waals surface area contributed by atoms with E-state index in [2.05, 4.69) is 127 Å². The van der Waals surface area contributed by atoms with Gasteiger partial charge in [0.2, 0.25) is 0 Å². The Labute approximate surface area is 288 Å². The molecule has 0 saturated heterocycles. The summed E-state index contributed by atoms with van der Waals surface area (Å²) in [7, 11) is 0. The molecule has 4 aromatic carbocycles. The molecule has 8 rings (SSSR count). The summed E-state index contributed by atoms with van der Waals surface area (Å²) < 4.78 is 8.63. The van der Waals surface area contributed by atoms with Crippen LogP contribution in [0.15, 0.2) is 102 Å². The van der Waals surface area contributed by atoms with Gasteiger partial charge in [0.05, 0.1) is 17.1 Å². The van der Waals surface area contributed by atoms with Crippen LogP contribution in [0.3, 0.4) is 0 Å². The van der Waals surface area contributed by atoms with Crippen molar-refractivity contribution in [1.82, 2.24) is 14.5 Å². The molecule has 0 bridgehead atoms. The Morgan fingerprint density at radius 1 is 0.653 bits per heavy atom. The molecule has 0 fully saturated rings. The number of imidazole rings is 1. The first-order valence-electron chi connectivity index (χ1n) is 17.4. The van der Waals surface area contributed by atoms with Gasteiger partial charge in [-0.05, 0) is 63.8 Å². The van der Waals surface area contributed by atoms with E-state index < -0.39 is 0 Å². The van der Waals surface area contributed by atoms with E-state index in [1.54, 1.807) is 6.07 Å². The van der Waals surface area contributed by atoms with E-state index in [4.69, 9.17) is 14.4 Å². The maximum absolute atomic E-state index is 11.3. The summed E-state index contributed by atoms with van der Waals surface area (Å²) in [6.07, 6.45) is 2.15. The van der Waals surface area contributed by atoms with Gasteiger partial charge in [-0.2, -0.15) is 0 Å². The number of fused-ring (bicyclic) bond motifs is 6. The topological polar surface area (TPSA) is 64.1 Å². The van der Waals surface area contributed by atoms with Crippen molar-refractivity contribution in [1.29, 1.82) is 0 Å². The van der Waals surface area contributed by atoms with Crippen LogP contribution >= 0.6 is 0 Å². The number of hydrogen-bond donors (Lipinski definition) is 1. The zero-order valence-electron chi connectivity index (χ0n) is 29.6. The van der Waals surface area contributed by atoms with E-state index in [0.29, 0.717) is 11.8 Å². The van der Waals surface area contributed by atoms with Crippen LogP contribution in [-0.4, -0.2) is 19.6 Å². The third kappa shape index (κ3) is 4.51. The molecule has 3 heterocycles. The van der Waals surface area contributed by atoms with Crippen molar-refractivity contribution < 1.29 is 9.52 Å². The second kappa shape index (κ2) is 10.9. The fourth-order valence-corrected chi connectivity index (χ4v) is 7.89. The highest BCUT2D eigenvalue weighted by Crippen LogP contribution is 2.55. The zero-order chi connectivity index (χ0) is 34.4. The SMILES string of the molecule is CC(C)c1cccc(C(C)C)c1-n1cc(-c2ccc3c(n2)-c2c(O)cccc2C(C)(C)C3(C)C)nc1-c1cccc2oc3ccccc3c12. The van der Waals surface area contributed by atoms with Crippen molar-refractivity contribution in [2.45, 2.75) is 78.1 Å². The van der Waals surface area contributed by atoms with Crippen LogP contribution in [0, 0.1) is 0 Å². The second-order valence-electron chi connectivity index (χ2n) is 15.2. The lowest BCUT2D eigenvalue weighted by atomic mass is 9.56. The average Bonchev–Trinajstić information content (AvgIpc) is 3.69. The average molecular weight is 646 g/mol. The Bertz CT molecular complexity index is 2400. The third-order valence-electron chi connectivity index (χ3n) is 11.3. The molecule has 1 aliphatic carbocycles. The summed E-state index contributed by atoms with van der Waals surface area (Å²) in [4.78, 5) is 10.8. The van der Waals surface area contributed by atoms with E-state index in [-0.39, 0.29) is 16.6 Å². The molecule has 0 radical (unpaired) electrons. The van der Waals surface area contributed by atoms with Gasteiger partial charge >= 0.3 is 0 Å². The Morgan fingerprint density at radius 3 is 2.04 bits per heavy atom. The third-order valence-corrected chi connectivity index (χ3v) is 11.3. The first-order valence-corrected chi connectivity index (χ1v) is 17.4. The number of phenolic OH excluding ortho intramolecular Hbond substituents is 1. The van der Waals surface area contributed by atoms with Gasteiger partial charge in [0.25, 0.3) is 0 Å². The maximum Gasteiger partial charge on any atom is 0.146 e. The van der Waals surface area contributed by atoms with Crippen molar-refractivity contribution >= 4 is 21.9 Å². The molecular weight excluding hydrogens is 603 g/mol. The molecule has 1 aliphatic rings. The van der Waals surface area contributed by atoms with Crippen molar-refractivity contribution in [2.24, 2.45) is 0 Å². The monoisotopic (exact) mass is 645 g/mol. The molecule has 0 unspecified atom stereocenters. The van der Waals surface area contributed by atoms with E-state index in [1.807, 2.05) is 24.3 Å². The molecule has 7 aromatic rings. The first kappa shape index (κ1) is 31.1. The van der Waals surface area contributed by atoms with Gasteiger partial charge in [-0.25, -0.2) is 9.97 Å². The van der Waals surface area contributed by atoms with E-state index in [1.165, 1.54) is 11.1 Å². The molecule has 5 nitrogen and oxygen atoms in total. The van der Waals surface area contributed by atoms with Gasteiger partial charge in [0, 0.05) is 33.5 Å². The van der Waals surface area contributed by atoms with Gasteiger partial charge in [-0.1, -0.05) is 122 Å². The van der Waals surface area contributed by atoms with E-state index in [0.717, 1.165) is 72.8 Å². The lowest BCUT2D eigenvalue weighted by Crippen LogP contribution is -2.43. The molecule has 1 N–H and O–H groups in total. The van der Waals surface area contributed by atoms with Gasteiger partial charge in [0.1, 0.15) is 28.4 Å². The van der Waals surface area contributed by atoms with Crippen LogP contribution in [0.4, 0.5) is 0 Å². The highest BCUT2D eigenvalue weighted by atomic mass is 16.3. The number of phenols is 1. The number of nitrogens with zero attached hydrogens (tertiary/aromatic N) is 3. The smallest absolute Gasteiger partial charge is 0.146 e. The van der Waals surface area contributed by atoms with Crippen molar-refractivity contribution in [3.05, 3.63) is 119 Å². The summed E-state index contributed by atoms with van der Waals surface area (Å²) >= 11 is 0. The number of pyridine rings is 1. The Morgan fingerprint density at radius 2 is 1.31 bits per heavy atom. The first-order chi connectivity index (χ1) is 23.4. The van der Waals surface area contributed by atoms with Crippen LogP contribution in [0.1, 0.15) is 89.5 Å². The number of benzene rings is 4. The van der Waals surface area contributed by atoms with Gasteiger partial charge in [-0.15, -0.1) is 0 Å². The van der Waals surface area contributed by atoms with Crippen LogP contribution in [0.25, 0.3) is 61.7 Å². The lowest BCUT2D eigenvalue weighted by molar-refractivity contribution is 0.296. The summed E-state index contributed by atoms with van der Waals surface area (Å²) in [5.74, 6) is 1.69. The van der Waals surface area contributed by atoms with E-state index >= 15 is 0 Å². The van der Waals surface area contributed by atoms with Gasteiger partial charge < -0.3 is 9.52 Å². The quantitative estimate of drug-likeness (QED) is 0.202. The summed E-state index contributed by atoms with van der Waals surface area (Å²) in [6, 6.07) is 31.2. The van der Waals surface area contributed by atoms with E-state index in [9.17, 15) is 5.11 Å². The number of aromatic nitrogens is 3. The maximum atomic E-state index is 11.3. The van der Waals surface area contributed by atoms with Gasteiger partial charge in [-0.3, -0.25) is 4.57 Å². The fourth-order valence-electron chi connectivity index (χ4n) is 7.89. The molecule has 0 aliphatic heterocycles. The van der Waals surface area contributed by atoms with Crippen molar-refractivity contribution in [2.75, 3.05) is 0 Å². The molecule has 0 saturated carbocycles. The summed E-state index contributed by atoms with van der Waals surface area (Å²) in [5, 5.41) is 13.4. The number of aromatic hydroxyl groups is 1. The standard InChI is InChI=1S/C44H43N3O2/c1-25(2)27-15-11-16-28(26(3)4)41(27)47-24-34(46-42(47)30-17-12-21-37-38(30)29-14-9-10-20-36(29)49-37)33-23-22-32-40(45-33)39-31(18-13-19-35(39)48)43(5,6)44(32,7)8/h9-26,48H,1-8H3. The van der Waals surface area contributed by atoms with Crippen molar-refractivity contribution in [3.8, 4) is 45.5 Å². The highest BCUT2D eigenvalue weighted by molar-refractivity contribution is 6.12. The van der Waals surface area contributed by atoms with Gasteiger partial charge in [0.15, 0.2) is 0 Å². The summed E-state index contributed by atoms with van der Waals surface area (Å²) in [6.45, 7) is 18.1. The molecular formula is C44H43N3O2. The predicted octanol–water partition coefficient (Wildman–Crippen LogP) is 11.7. The number of para-hydroxylation sites is 2. The Kier molecular flexibility index (Phi) is 6.94. The molecule has 0 spiro atoms. The Hall–Kier alpha value is -5.16. The van der Waals surface area contributed by atoms with Crippen LogP contribution in [-0.2, 0) is 10.8 Å². The fraction of sp³-hybridized carbons (Fsp3) is 0.273. The highest BCUT2D eigenvalue weighted by Gasteiger charge is 2.47. The summed E-state index contributed by atoms with van der Waals surface area (Å²) in [5.41, 5.74) is 11.3. The normalized spacial score (nSPS) is 14.9.